The highest BCUT2D eigenvalue weighted by molar-refractivity contribution is 6.30. The monoisotopic (exact) mass is 449 g/mol. The van der Waals surface area contributed by atoms with Crippen molar-refractivity contribution in [2.24, 2.45) is 0 Å². The maximum Gasteiger partial charge on any atom is 0.413 e. The predicted molar refractivity (Wildman–Crippen MR) is 107 cm³/mol. The Morgan fingerprint density at radius 3 is 2.71 bits per heavy atom. The quantitative estimate of drug-likeness (QED) is 0.420. The summed E-state index contributed by atoms with van der Waals surface area (Å²) in [5.74, 6) is -0.449. The number of alkyl halides is 3. The number of aryl methyl sites for hydroxylation is 2. The first-order valence-electron chi connectivity index (χ1n) is 9.42. The van der Waals surface area contributed by atoms with E-state index in [0.717, 1.165) is 0 Å². The Bertz CT molecular complexity index is 1210. The summed E-state index contributed by atoms with van der Waals surface area (Å²) in [6.07, 6.45) is -1.34. The van der Waals surface area contributed by atoms with Crippen molar-refractivity contribution in [2.75, 3.05) is 13.1 Å². The Hall–Kier alpha value is -2.96. The third kappa shape index (κ3) is 4.55. The van der Waals surface area contributed by atoms with Gasteiger partial charge in [0.2, 0.25) is 5.82 Å². The van der Waals surface area contributed by atoms with Gasteiger partial charge in [-0.1, -0.05) is 23.7 Å². The maximum atomic E-state index is 14.2. The highest BCUT2D eigenvalue weighted by Gasteiger charge is 2.37. The molecule has 10 heteroatoms. The molecule has 3 heterocycles. The second-order valence-electron chi connectivity index (χ2n) is 7.25. The summed E-state index contributed by atoms with van der Waals surface area (Å²) in [6, 6.07) is 8.10. The molecule has 0 fully saturated rings. The van der Waals surface area contributed by atoms with Gasteiger partial charge >= 0.3 is 6.18 Å². The molecule has 0 saturated carbocycles. The molecule has 3 aromatic rings. The number of nitriles is 1. The molecule has 0 unspecified atom stereocenters. The van der Waals surface area contributed by atoms with Crippen LogP contribution in [0.4, 0.5) is 17.6 Å². The van der Waals surface area contributed by atoms with E-state index in [9.17, 15) is 17.6 Å². The molecular formula is C21H16ClF4N5. The normalized spacial score (nSPS) is 14.8. The molecule has 1 aliphatic heterocycles. The smallest absolute Gasteiger partial charge is 0.328 e. The lowest BCUT2D eigenvalue weighted by molar-refractivity contribution is -0.0936. The first-order valence-corrected chi connectivity index (χ1v) is 9.80. The molecule has 0 amide bonds. The predicted octanol–water partition coefficient (Wildman–Crippen LogP) is 4.64. The van der Waals surface area contributed by atoms with Gasteiger partial charge in [-0.2, -0.15) is 18.4 Å². The molecule has 4 rings (SSSR count). The summed E-state index contributed by atoms with van der Waals surface area (Å²) in [6.45, 7) is 0.549. The molecule has 0 spiro atoms. The average Bonchev–Trinajstić information content (AvgIpc) is 3.32. The van der Waals surface area contributed by atoms with Gasteiger partial charge in [-0.15, -0.1) is 0 Å². The van der Waals surface area contributed by atoms with Gasteiger partial charge in [0, 0.05) is 54.1 Å². The van der Waals surface area contributed by atoms with E-state index in [0.29, 0.717) is 40.3 Å². The standard InChI is InChI=1S/C21H16ClF4N5/c22-16-2-1-13(18(23)8-16)3-6-31-17(7-14-10-28-19(9-27)29-20(14)31)12-30-5-4-15(11-30)21(24,25)26/h1-2,4,7-8,10H,3,5-6,11-12H2. The number of hydrogen-bond acceptors (Lipinski definition) is 4. The van der Waals surface area contributed by atoms with Crippen LogP contribution in [0.3, 0.4) is 0 Å². The molecule has 2 aromatic heterocycles. The topological polar surface area (TPSA) is 57.7 Å². The average molecular weight is 450 g/mol. The molecule has 160 valence electrons. The first kappa shape index (κ1) is 21.3. The van der Waals surface area contributed by atoms with E-state index in [2.05, 4.69) is 9.97 Å². The van der Waals surface area contributed by atoms with E-state index < -0.39 is 17.6 Å². The third-order valence-electron chi connectivity index (χ3n) is 5.18. The Balaban J connectivity index is 1.63. The Morgan fingerprint density at radius 2 is 2.03 bits per heavy atom. The fourth-order valence-corrected chi connectivity index (χ4v) is 3.81. The van der Waals surface area contributed by atoms with Gasteiger partial charge in [0.25, 0.3) is 0 Å². The fourth-order valence-electron chi connectivity index (χ4n) is 3.65. The summed E-state index contributed by atoms with van der Waals surface area (Å²) in [5.41, 5.74) is 1.09. The number of rotatable bonds is 5. The summed E-state index contributed by atoms with van der Waals surface area (Å²) < 4.78 is 55.0. The molecule has 0 saturated heterocycles. The Kier molecular flexibility index (Phi) is 5.69. The van der Waals surface area contributed by atoms with Gasteiger partial charge in [-0.3, -0.25) is 4.90 Å². The first-order chi connectivity index (χ1) is 14.7. The Labute approximate surface area is 180 Å². The lowest BCUT2D eigenvalue weighted by Gasteiger charge is -2.18. The van der Waals surface area contributed by atoms with Gasteiger partial charge in [0.05, 0.1) is 0 Å². The minimum absolute atomic E-state index is 0.0155. The second kappa shape index (κ2) is 8.29. The summed E-state index contributed by atoms with van der Waals surface area (Å²) in [4.78, 5) is 9.88. The SMILES string of the molecule is N#Cc1ncc2cc(CN3CC=C(C(F)(F)F)C3)n(CCc3ccc(Cl)cc3F)c2n1. The van der Waals surface area contributed by atoms with Crippen molar-refractivity contribution < 1.29 is 17.6 Å². The van der Waals surface area contributed by atoms with Gasteiger partial charge in [0.15, 0.2) is 0 Å². The number of fused-ring (bicyclic) bond motifs is 1. The highest BCUT2D eigenvalue weighted by Crippen LogP contribution is 2.30. The van der Waals surface area contributed by atoms with E-state index in [1.54, 1.807) is 27.7 Å². The van der Waals surface area contributed by atoms with E-state index >= 15 is 0 Å². The molecule has 1 aromatic carbocycles. The van der Waals surface area contributed by atoms with Crippen LogP contribution in [-0.4, -0.2) is 38.7 Å². The fraction of sp³-hybridized carbons (Fsp3) is 0.286. The summed E-state index contributed by atoms with van der Waals surface area (Å²) >= 11 is 5.81. The number of halogens is 5. The van der Waals surface area contributed by atoms with Gasteiger partial charge in [-0.25, -0.2) is 14.4 Å². The van der Waals surface area contributed by atoms with Crippen molar-refractivity contribution in [1.29, 1.82) is 5.26 Å². The van der Waals surface area contributed by atoms with Crippen LogP contribution >= 0.6 is 11.6 Å². The molecular weight excluding hydrogens is 434 g/mol. The lowest BCUT2D eigenvalue weighted by Crippen LogP contribution is -2.25. The van der Waals surface area contributed by atoms with E-state index in [1.165, 1.54) is 18.3 Å². The van der Waals surface area contributed by atoms with Crippen LogP contribution in [0, 0.1) is 17.1 Å². The Morgan fingerprint density at radius 1 is 1.23 bits per heavy atom. The van der Waals surface area contributed by atoms with E-state index in [1.807, 2.05) is 6.07 Å². The van der Waals surface area contributed by atoms with Gasteiger partial charge < -0.3 is 4.57 Å². The number of hydrogen-bond donors (Lipinski definition) is 0. The van der Waals surface area contributed by atoms with Crippen LogP contribution in [0.15, 0.2) is 42.1 Å². The highest BCUT2D eigenvalue weighted by atomic mass is 35.5. The molecule has 0 bridgehead atoms. The third-order valence-corrected chi connectivity index (χ3v) is 5.41. The van der Waals surface area contributed by atoms with Crippen LogP contribution < -0.4 is 0 Å². The largest absolute Gasteiger partial charge is 0.413 e. The minimum atomic E-state index is -4.35. The molecule has 0 aliphatic carbocycles. The number of benzene rings is 1. The maximum absolute atomic E-state index is 14.2. The van der Waals surface area contributed by atoms with Crippen LogP contribution in [0.1, 0.15) is 17.1 Å². The van der Waals surface area contributed by atoms with Crippen molar-refractivity contribution in [3.8, 4) is 6.07 Å². The van der Waals surface area contributed by atoms with Crippen molar-refractivity contribution in [2.45, 2.75) is 25.7 Å². The molecule has 0 atom stereocenters. The van der Waals surface area contributed by atoms with Gasteiger partial charge in [0.1, 0.15) is 17.5 Å². The summed E-state index contributed by atoms with van der Waals surface area (Å²) in [7, 11) is 0. The van der Waals surface area contributed by atoms with E-state index in [-0.39, 0.29) is 25.5 Å². The van der Waals surface area contributed by atoms with Crippen LogP contribution in [0.25, 0.3) is 11.0 Å². The molecule has 1 aliphatic rings. The molecule has 31 heavy (non-hydrogen) atoms. The van der Waals surface area contributed by atoms with Crippen molar-refractivity contribution in [3.63, 3.8) is 0 Å². The molecule has 0 radical (unpaired) electrons. The number of nitrogens with zero attached hydrogens (tertiary/aromatic N) is 5. The zero-order valence-electron chi connectivity index (χ0n) is 16.1. The lowest BCUT2D eigenvalue weighted by atomic mass is 10.1. The van der Waals surface area contributed by atoms with Crippen LogP contribution in [-0.2, 0) is 19.5 Å². The second-order valence-corrected chi connectivity index (χ2v) is 7.69. The van der Waals surface area contributed by atoms with Crippen molar-refractivity contribution in [3.05, 3.63) is 70.0 Å². The zero-order chi connectivity index (χ0) is 22.2. The summed E-state index contributed by atoms with van der Waals surface area (Å²) in [5, 5.41) is 10.1. The molecule has 0 N–H and O–H groups in total. The molecule has 5 nitrogen and oxygen atoms in total. The van der Waals surface area contributed by atoms with E-state index in [4.69, 9.17) is 16.9 Å². The minimum Gasteiger partial charge on any atom is -0.328 e. The van der Waals surface area contributed by atoms with Gasteiger partial charge in [-0.05, 0) is 30.2 Å². The van der Waals surface area contributed by atoms with Crippen LogP contribution in [0.5, 0.6) is 0 Å². The van der Waals surface area contributed by atoms with Crippen molar-refractivity contribution >= 4 is 22.6 Å². The zero-order valence-corrected chi connectivity index (χ0v) is 16.9. The van der Waals surface area contributed by atoms with Crippen molar-refractivity contribution in [1.82, 2.24) is 19.4 Å². The number of aromatic nitrogens is 3. The van der Waals surface area contributed by atoms with Crippen LogP contribution in [0.2, 0.25) is 5.02 Å².